The topological polar surface area (TPSA) is 26.0 Å². The molecule has 0 aliphatic heterocycles. The largest absolute Gasteiger partial charge is 0.321 e. The molecule has 1 nitrogen and oxygen atoms in total. The minimum atomic E-state index is 0.0765. The van der Waals surface area contributed by atoms with E-state index in [2.05, 4.69) is 45.0 Å². The van der Waals surface area contributed by atoms with Gasteiger partial charge < -0.3 is 5.73 Å². The highest BCUT2D eigenvalue weighted by atomic mass is 14.6. The highest BCUT2D eigenvalue weighted by molar-refractivity contribution is 5.30. The van der Waals surface area contributed by atoms with Crippen LogP contribution >= 0.6 is 0 Å². The van der Waals surface area contributed by atoms with Crippen LogP contribution in [0.4, 0.5) is 0 Å². The van der Waals surface area contributed by atoms with E-state index in [4.69, 9.17) is 5.73 Å². The average molecular weight is 245 g/mol. The normalized spacial score (nSPS) is 14.2. The molecule has 0 spiro atoms. The van der Waals surface area contributed by atoms with Gasteiger partial charge in [-0.1, -0.05) is 69.5 Å². The van der Waals surface area contributed by atoms with Gasteiger partial charge in [-0.2, -0.15) is 0 Å². The van der Waals surface area contributed by atoms with Crippen molar-refractivity contribution in [1.29, 1.82) is 0 Å². The molecular weight excluding hydrogens is 218 g/mol. The van der Waals surface area contributed by atoms with Crippen molar-refractivity contribution in [2.45, 2.75) is 58.9 Å². The smallest absolute Gasteiger partial charge is 0.0513 e. The van der Waals surface area contributed by atoms with Crippen LogP contribution in [0.15, 0.2) is 41.5 Å². The van der Waals surface area contributed by atoms with E-state index in [0.29, 0.717) is 0 Å². The third-order valence-corrected chi connectivity index (χ3v) is 3.49. The van der Waals surface area contributed by atoms with Crippen LogP contribution in [0, 0.1) is 0 Å². The Morgan fingerprint density at radius 2 is 1.61 bits per heavy atom. The van der Waals surface area contributed by atoms with Gasteiger partial charge in [0, 0.05) is 0 Å². The highest BCUT2D eigenvalue weighted by Crippen LogP contribution is 2.29. The molecule has 18 heavy (non-hydrogen) atoms. The Hall–Kier alpha value is -1.08. The number of hydrogen-bond donors (Lipinski definition) is 1. The fraction of sp³-hybridized carbons (Fsp3) is 0.529. The lowest BCUT2D eigenvalue weighted by Gasteiger charge is -2.21. The summed E-state index contributed by atoms with van der Waals surface area (Å²) in [6, 6.07) is 10.5. The Morgan fingerprint density at radius 1 is 1.00 bits per heavy atom. The third-order valence-electron chi connectivity index (χ3n) is 3.49. The van der Waals surface area contributed by atoms with Gasteiger partial charge in [0.25, 0.3) is 0 Å². The zero-order valence-corrected chi connectivity index (χ0v) is 12.1. The van der Waals surface area contributed by atoms with Crippen molar-refractivity contribution in [2.75, 3.05) is 0 Å². The summed E-state index contributed by atoms with van der Waals surface area (Å²) in [5.41, 5.74) is 10.7. The number of nitrogens with two attached hydrogens (primary N) is 1. The minimum absolute atomic E-state index is 0.0765. The molecule has 0 unspecified atom stereocenters. The Kier molecular flexibility index (Phi) is 6.74. The van der Waals surface area contributed by atoms with E-state index in [-0.39, 0.29) is 6.04 Å². The van der Waals surface area contributed by atoms with Gasteiger partial charge in [0.15, 0.2) is 0 Å². The van der Waals surface area contributed by atoms with Crippen LogP contribution in [0.25, 0.3) is 0 Å². The summed E-state index contributed by atoms with van der Waals surface area (Å²) < 4.78 is 0. The Balaban J connectivity index is 3.03. The molecule has 2 N–H and O–H groups in total. The molecule has 0 saturated heterocycles. The predicted molar refractivity (Wildman–Crippen MR) is 80.5 cm³/mol. The van der Waals surface area contributed by atoms with Crippen LogP contribution in [0.5, 0.6) is 0 Å². The van der Waals surface area contributed by atoms with Gasteiger partial charge in [-0.05, 0) is 30.4 Å². The fourth-order valence-corrected chi connectivity index (χ4v) is 2.55. The van der Waals surface area contributed by atoms with Crippen molar-refractivity contribution in [1.82, 2.24) is 0 Å². The molecule has 100 valence electrons. The maximum Gasteiger partial charge on any atom is 0.0513 e. The minimum Gasteiger partial charge on any atom is -0.321 e. The lowest BCUT2D eigenvalue weighted by molar-refractivity contribution is 0.710. The van der Waals surface area contributed by atoms with Crippen LogP contribution in [0.1, 0.15) is 64.5 Å². The molecule has 0 aromatic heterocycles. The number of allylic oxidation sites excluding steroid dienone is 1. The molecule has 0 amide bonds. The summed E-state index contributed by atoms with van der Waals surface area (Å²) in [4.78, 5) is 0. The molecular formula is C17H27N. The molecule has 0 fully saturated rings. The fourth-order valence-electron chi connectivity index (χ4n) is 2.55. The van der Waals surface area contributed by atoms with E-state index >= 15 is 0 Å². The zero-order chi connectivity index (χ0) is 13.4. The lowest BCUT2D eigenvalue weighted by Crippen LogP contribution is -2.15. The molecule has 1 heteroatoms. The second kappa shape index (κ2) is 8.10. The van der Waals surface area contributed by atoms with Gasteiger partial charge in [0.05, 0.1) is 6.04 Å². The van der Waals surface area contributed by atoms with E-state index in [1.165, 1.54) is 30.4 Å². The van der Waals surface area contributed by atoms with E-state index in [1.54, 1.807) is 5.57 Å². The molecule has 0 aliphatic rings. The molecule has 1 aromatic carbocycles. The van der Waals surface area contributed by atoms with Crippen LogP contribution in [-0.2, 0) is 0 Å². The molecule has 0 saturated carbocycles. The summed E-state index contributed by atoms with van der Waals surface area (Å²) in [6.07, 6.45) is 5.82. The maximum atomic E-state index is 6.47. The second-order valence-corrected chi connectivity index (χ2v) is 4.87. The average Bonchev–Trinajstić information content (AvgIpc) is 2.43. The van der Waals surface area contributed by atoms with Gasteiger partial charge in [-0.3, -0.25) is 0 Å². The Labute approximate surface area is 112 Å². The van der Waals surface area contributed by atoms with Crippen LogP contribution in [0.2, 0.25) is 0 Å². The molecule has 1 rings (SSSR count). The van der Waals surface area contributed by atoms with Crippen molar-refractivity contribution in [3.05, 3.63) is 47.0 Å². The second-order valence-electron chi connectivity index (χ2n) is 4.87. The van der Waals surface area contributed by atoms with Gasteiger partial charge >= 0.3 is 0 Å². The summed E-state index contributed by atoms with van der Waals surface area (Å²) in [6.45, 7) is 6.72. The standard InChI is InChI=1S/C17H27N/c1-4-10-14(6-3)16(11-5-2)17(18)15-12-8-7-9-13-15/h7-9,12-13,17H,4-6,10-11,18H2,1-3H3/b16-14+/t17-/m0/s1. The number of benzene rings is 1. The Bertz CT molecular complexity index is 364. The zero-order valence-electron chi connectivity index (χ0n) is 12.1. The first-order valence-corrected chi connectivity index (χ1v) is 7.25. The van der Waals surface area contributed by atoms with Gasteiger partial charge in [-0.15, -0.1) is 0 Å². The monoisotopic (exact) mass is 245 g/mol. The summed E-state index contributed by atoms with van der Waals surface area (Å²) in [7, 11) is 0. The molecule has 0 heterocycles. The first kappa shape index (κ1) is 15.0. The summed E-state index contributed by atoms with van der Waals surface area (Å²) in [5.74, 6) is 0. The van der Waals surface area contributed by atoms with Crippen LogP contribution in [-0.4, -0.2) is 0 Å². The van der Waals surface area contributed by atoms with Crippen LogP contribution < -0.4 is 5.73 Å². The van der Waals surface area contributed by atoms with Crippen molar-refractivity contribution in [2.24, 2.45) is 5.73 Å². The Morgan fingerprint density at radius 3 is 2.11 bits per heavy atom. The van der Waals surface area contributed by atoms with Crippen molar-refractivity contribution in [3.63, 3.8) is 0 Å². The quantitative estimate of drug-likeness (QED) is 0.673. The van der Waals surface area contributed by atoms with Gasteiger partial charge in [0.2, 0.25) is 0 Å². The maximum absolute atomic E-state index is 6.47. The third kappa shape index (κ3) is 3.99. The van der Waals surface area contributed by atoms with Crippen LogP contribution in [0.3, 0.4) is 0 Å². The van der Waals surface area contributed by atoms with Gasteiger partial charge in [0.1, 0.15) is 0 Å². The summed E-state index contributed by atoms with van der Waals surface area (Å²) >= 11 is 0. The number of rotatable bonds is 7. The molecule has 1 aromatic rings. The van der Waals surface area contributed by atoms with Crippen molar-refractivity contribution < 1.29 is 0 Å². The van der Waals surface area contributed by atoms with E-state index < -0.39 is 0 Å². The predicted octanol–water partition coefficient (Wildman–Crippen LogP) is 4.99. The van der Waals surface area contributed by atoms with E-state index in [1.807, 2.05) is 6.07 Å². The van der Waals surface area contributed by atoms with Crippen molar-refractivity contribution in [3.8, 4) is 0 Å². The summed E-state index contributed by atoms with van der Waals surface area (Å²) in [5, 5.41) is 0. The number of hydrogen-bond acceptors (Lipinski definition) is 1. The highest BCUT2D eigenvalue weighted by Gasteiger charge is 2.14. The van der Waals surface area contributed by atoms with E-state index in [0.717, 1.165) is 12.8 Å². The molecule has 1 atom stereocenters. The van der Waals surface area contributed by atoms with Gasteiger partial charge in [-0.25, -0.2) is 0 Å². The van der Waals surface area contributed by atoms with Crippen molar-refractivity contribution >= 4 is 0 Å². The van der Waals surface area contributed by atoms with E-state index in [9.17, 15) is 0 Å². The first-order valence-electron chi connectivity index (χ1n) is 7.25. The first-order chi connectivity index (χ1) is 8.74. The molecule has 0 aliphatic carbocycles. The molecule has 0 bridgehead atoms. The lowest BCUT2D eigenvalue weighted by atomic mass is 9.89. The molecule has 0 radical (unpaired) electrons. The SMILES string of the molecule is CCC/C(CC)=C(\CCC)[C@@H](N)c1ccccc1.